The Hall–Kier alpha value is -4.07. The van der Waals surface area contributed by atoms with Crippen LogP contribution in [0.5, 0.6) is 5.75 Å². The van der Waals surface area contributed by atoms with Crippen molar-refractivity contribution in [2.24, 2.45) is 0 Å². The van der Waals surface area contributed by atoms with Gasteiger partial charge in [-0.3, -0.25) is 14.8 Å². The van der Waals surface area contributed by atoms with Gasteiger partial charge >= 0.3 is 0 Å². The summed E-state index contributed by atoms with van der Waals surface area (Å²) < 4.78 is 5.67. The third kappa shape index (κ3) is 4.80. The first-order chi connectivity index (χ1) is 16.5. The lowest BCUT2D eigenvalue weighted by atomic mass is 9.96. The van der Waals surface area contributed by atoms with Gasteiger partial charge in [-0.1, -0.05) is 25.1 Å². The number of ether oxygens (including phenoxy) is 1. The zero-order chi connectivity index (χ0) is 24.1. The number of rotatable bonds is 8. The van der Waals surface area contributed by atoms with E-state index < -0.39 is 0 Å². The summed E-state index contributed by atoms with van der Waals surface area (Å²) in [6.07, 6.45) is 5.01. The lowest BCUT2D eigenvalue weighted by molar-refractivity contribution is 0.0964. The molecular formula is C26H28N6O2. The molecule has 0 radical (unpaired) electrons. The van der Waals surface area contributed by atoms with Crippen molar-refractivity contribution in [2.45, 2.75) is 26.7 Å². The number of nitrogens with zero attached hydrogens (tertiary/aromatic N) is 4. The molecule has 0 unspecified atom stereocenters. The fourth-order valence-corrected chi connectivity index (χ4v) is 3.86. The van der Waals surface area contributed by atoms with Crippen LogP contribution < -0.4 is 15.4 Å². The molecule has 0 aliphatic rings. The summed E-state index contributed by atoms with van der Waals surface area (Å²) >= 11 is 0. The monoisotopic (exact) mass is 456 g/mol. The minimum Gasteiger partial charge on any atom is -0.492 e. The lowest BCUT2D eigenvalue weighted by Gasteiger charge is -2.16. The van der Waals surface area contributed by atoms with Gasteiger partial charge in [-0.15, -0.1) is 0 Å². The average Bonchev–Trinajstić information content (AvgIpc) is 2.87. The predicted octanol–water partition coefficient (Wildman–Crippen LogP) is 4.37. The van der Waals surface area contributed by atoms with E-state index in [0.29, 0.717) is 18.7 Å². The molecule has 0 saturated carbocycles. The number of amides is 1. The van der Waals surface area contributed by atoms with Gasteiger partial charge in [-0.2, -0.15) is 0 Å². The highest BCUT2D eigenvalue weighted by molar-refractivity contribution is 6.06. The standard InChI is InChI=1S/C26H28N6O2/c1-5-34-23-11-18(14-29-17(23)3)22-12-24(32-15-31-22)30-13-16(2)19-7-6-8-20-21(26(33)27-4)9-10-28-25(19)20/h6-12,14-16H,5,13H2,1-4H3,(H,27,33)(H,30,31,32)/t16-/m1/s1. The molecule has 174 valence electrons. The van der Waals surface area contributed by atoms with Crippen molar-refractivity contribution in [3.63, 3.8) is 0 Å². The minimum atomic E-state index is -0.123. The van der Waals surface area contributed by atoms with E-state index in [0.717, 1.165) is 45.0 Å². The zero-order valence-corrected chi connectivity index (χ0v) is 19.8. The van der Waals surface area contributed by atoms with E-state index in [1.165, 1.54) is 6.33 Å². The topological polar surface area (TPSA) is 102 Å². The van der Waals surface area contributed by atoms with Gasteiger partial charge < -0.3 is 15.4 Å². The molecule has 3 aromatic heterocycles. The molecule has 4 aromatic rings. The normalized spacial score (nSPS) is 11.8. The number of fused-ring (bicyclic) bond motifs is 1. The second kappa shape index (κ2) is 10.2. The molecule has 0 fully saturated rings. The molecule has 0 spiro atoms. The van der Waals surface area contributed by atoms with Gasteiger partial charge in [0.25, 0.3) is 5.91 Å². The highest BCUT2D eigenvalue weighted by atomic mass is 16.5. The van der Waals surface area contributed by atoms with Gasteiger partial charge in [-0.25, -0.2) is 9.97 Å². The first-order valence-corrected chi connectivity index (χ1v) is 11.3. The number of hydrogen-bond acceptors (Lipinski definition) is 7. The van der Waals surface area contributed by atoms with Crippen LogP contribution in [-0.4, -0.2) is 46.0 Å². The third-order valence-electron chi connectivity index (χ3n) is 5.70. The van der Waals surface area contributed by atoms with Crippen molar-refractivity contribution < 1.29 is 9.53 Å². The Bertz CT molecular complexity index is 1320. The molecule has 0 aliphatic heterocycles. The lowest BCUT2D eigenvalue weighted by Crippen LogP contribution is -2.18. The summed E-state index contributed by atoms with van der Waals surface area (Å²) in [6, 6.07) is 11.5. The Kier molecular flexibility index (Phi) is 6.96. The van der Waals surface area contributed by atoms with Crippen LogP contribution >= 0.6 is 0 Å². The van der Waals surface area contributed by atoms with E-state index in [2.05, 4.69) is 37.5 Å². The van der Waals surface area contributed by atoms with Crippen molar-refractivity contribution >= 4 is 22.6 Å². The zero-order valence-electron chi connectivity index (χ0n) is 19.8. The van der Waals surface area contributed by atoms with Crippen molar-refractivity contribution in [3.05, 3.63) is 71.9 Å². The molecule has 1 aromatic carbocycles. The van der Waals surface area contributed by atoms with E-state index >= 15 is 0 Å². The third-order valence-corrected chi connectivity index (χ3v) is 5.70. The maximum absolute atomic E-state index is 12.3. The maximum Gasteiger partial charge on any atom is 0.251 e. The molecule has 0 saturated heterocycles. The van der Waals surface area contributed by atoms with Crippen molar-refractivity contribution in [1.82, 2.24) is 25.3 Å². The van der Waals surface area contributed by atoms with Gasteiger partial charge in [-0.05, 0) is 31.5 Å². The molecule has 1 amide bonds. The van der Waals surface area contributed by atoms with Crippen LogP contribution in [0.15, 0.2) is 55.1 Å². The molecule has 0 aliphatic carbocycles. The molecule has 8 nitrogen and oxygen atoms in total. The highest BCUT2D eigenvalue weighted by Crippen LogP contribution is 2.28. The SMILES string of the molecule is CCOc1cc(-c2cc(NC[C@@H](C)c3cccc4c(C(=O)NC)ccnc34)ncn2)cnc1C. The Labute approximate surface area is 198 Å². The highest BCUT2D eigenvalue weighted by Gasteiger charge is 2.15. The Morgan fingerprint density at radius 2 is 1.97 bits per heavy atom. The van der Waals surface area contributed by atoms with Gasteiger partial charge in [0, 0.05) is 48.9 Å². The van der Waals surface area contributed by atoms with Crippen LogP contribution in [-0.2, 0) is 0 Å². The quantitative estimate of drug-likeness (QED) is 0.406. The van der Waals surface area contributed by atoms with Crippen LogP contribution in [0, 0.1) is 6.92 Å². The predicted molar refractivity (Wildman–Crippen MR) is 133 cm³/mol. The van der Waals surface area contributed by atoms with Crippen LogP contribution in [0.2, 0.25) is 0 Å². The van der Waals surface area contributed by atoms with E-state index in [-0.39, 0.29) is 11.8 Å². The van der Waals surface area contributed by atoms with Crippen LogP contribution in [0.3, 0.4) is 0 Å². The molecule has 1 atom stereocenters. The van der Waals surface area contributed by atoms with Crippen LogP contribution in [0.4, 0.5) is 5.82 Å². The first kappa shape index (κ1) is 23.1. The van der Waals surface area contributed by atoms with E-state index in [9.17, 15) is 4.79 Å². The second-order valence-electron chi connectivity index (χ2n) is 7.99. The summed E-state index contributed by atoms with van der Waals surface area (Å²) in [5.41, 5.74) is 4.99. The van der Waals surface area contributed by atoms with Gasteiger partial charge in [0.05, 0.1) is 29.1 Å². The van der Waals surface area contributed by atoms with Gasteiger partial charge in [0.1, 0.15) is 17.9 Å². The molecule has 8 heteroatoms. The second-order valence-corrected chi connectivity index (χ2v) is 7.99. The number of nitrogens with one attached hydrogen (secondary N) is 2. The summed E-state index contributed by atoms with van der Waals surface area (Å²) in [7, 11) is 1.63. The Balaban J connectivity index is 1.54. The molecule has 2 N–H and O–H groups in total. The number of para-hydroxylation sites is 1. The largest absolute Gasteiger partial charge is 0.492 e. The van der Waals surface area contributed by atoms with E-state index in [1.807, 2.05) is 44.2 Å². The fraction of sp³-hybridized carbons (Fsp3) is 0.269. The van der Waals surface area contributed by atoms with Crippen molar-refractivity contribution in [3.8, 4) is 17.0 Å². The average molecular weight is 457 g/mol. The number of carbonyl (C=O) groups excluding carboxylic acids is 1. The Morgan fingerprint density at radius 3 is 2.76 bits per heavy atom. The number of hydrogen-bond donors (Lipinski definition) is 2. The Morgan fingerprint density at radius 1 is 1.12 bits per heavy atom. The minimum absolute atomic E-state index is 0.123. The van der Waals surface area contributed by atoms with Crippen LogP contribution in [0.25, 0.3) is 22.2 Å². The smallest absolute Gasteiger partial charge is 0.251 e. The summed E-state index contributed by atoms with van der Waals surface area (Å²) in [6.45, 7) is 7.20. The van der Waals surface area contributed by atoms with Crippen molar-refractivity contribution in [1.29, 1.82) is 0 Å². The summed E-state index contributed by atoms with van der Waals surface area (Å²) in [5, 5.41) is 6.94. The molecule has 4 rings (SSSR count). The van der Waals surface area contributed by atoms with Gasteiger partial charge in [0.2, 0.25) is 0 Å². The van der Waals surface area contributed by atoms with E-state index in [1.54, 1.807) is 25.5 Å². The molecular weight excluding hydrogens is 428 g/mol. The van der Waals surface area contributed by atoms with Crippen LogP contribution in [0.1, 0.15) is 41.4 Å². The molecule has 34 heavy (non-hydrogen) atoms. The van der Waals surface area contributed by atoms with Crippen molar-refractivity contribution in [2.75, 3.05) is 25.5 Å². The fourth-order valence-electron chi connectivity index (χ4n) is 3.86. The number of aryl methyl sites for hydroxylation is 1. The molecule has 3 heterocycles. The number of anilines is 1. The number of benzene rings is 1. The molecule has 0 bridgehead atoms. The number of aromatic nitrogens is 4. The van der Waals surface area contributed by atoms with Gasteiger partial charge in [0.15, 0.2) is 0 Å². The van der Waals surface area contributed by atoms with E-state index in [4.69, 9.17) is 4.74 Å². The number of pyridine rings is 2. The maximum atomic E-state index is 12.3. The summed E-state index contributed by atoms with van der Waals surface area (Å²) in [5.74, 6) is 1.47. The first-order valence-electron chi connectivity index (χ1n) is 11.3. The number of carbonyl (C=O) groups is 1. The summed E-state index contributed by atoms with van der Waals surface area (Å²) in [4.78, 5) is 30.0.